The van der Waals surface area contributed by atoms with E-state index in [1.165, 1.54) is 19.3 Å². The summed E-state index contributed by atoms with van der Waals surface area (Å²) in [4.78, 5) is 13.6. The number of β-amino-alcohol motifs (C(OH)–C–C–N with tert-alkyl or cyclic N) is 1. The van der Waals surface area contributed by atoms with Crippen molar-refractivity contribution >= 4 is 5.78 Å². The van der Waals surface area contributed by atoms with E-state index in [1.54, 1.807) is 6.92 Å². The Morgan fingerprint density at radius 3 is 2.63 bits per heavy atom. The SMILES string of the molecule is CC(=O)CCc1ccc(OC[C@H](O)CN2C[C@@]3(C)C[C@H]2CC(C)(C)C3)cc1. The number of rotatable bonds is 8. The third-order valence-electron chi connectivity index (χ3n) is 6.10. The van der Waals surface area contributed by atoms with Crippen LogP contribution in [0, 0.1) is 10.8 Å². The van der Waals surface area contributed by atoms with Crippen LogP contribution < -0.4 is 4.74 Å². The predicted molar refractivity (Wildman–Crippen MR) is 108 cm³/mol. The molecule has 0 unspecified atom stereocenters. The molecule has 0 amide bonds. The van der Waals surface area contributed by atoms with Crippen molar-refractivity contribution in [3.8, 4) is 5.75 Å². The van der Waals surface area contributed by atoms with Crippen LogP contribution >= 0.6 is 0 Å². The molecule has 0 spiro atoms. The van der Waals surface area contributed by atoms with Crippen molar-refractivity contribution in [3.05, 3.63) is 29.8 Å². The summed E-state index contributed by atoms with van der Waals surface area (Å²) in [7, 11) is 0. The summed E-state index contributed by atoms with van der Waals surface area (Å²) in [6.07, 6.45) is 4.61. The van der Waals surface area contributed by atoms with Crippen LogP contribution in [0.5, 0.6) is 5.75 Å². The lowest BCUT2D eigenvalue weighted by molar-refractivity contribution is -0.116. The second-order valence-corrected chi connectivity index (χ2v) is 9.95. The first kappa shape index (κ1) is 20.3. The summed E-state index contributed by atoms with van der Waals surface area (Å²) < 4.78 is 5.79. The van der Waals surface area contributed by atoms with Gasteiger partial charge in [0.05, 0.1) is 0 Å². The maximum atomic E-state index is 11.1. The highest BCUT2D eigenvalue weighted by Gasteiger charge is 2.49. The summed E-state index contributed by atoms with van der Waals surface area (Å²) in [5.74, 6) is 0.982. The number of aryl methyl sites for hydroxylation is 1. The number of benzene rings is 1. The zero-order valence-electron chi connectivity index (χ0n) is 17.3. The van der Waals surface area contributed by atoms with Gasteiger partial charge < -0.3 is 14.6 Å². The van der Waals surface area contributed by atoms with Crippen molar-refractivity contribution in [2.24, 2.45) is 10.8 Å². The van der Waals surface area contributed by atoms with Crippen molar-refractivity contribution in [2.75, 3.05) is 19.7 Å². The van der Waals surface area contributed by atoms with E-state index in [-0.39, 0.29) is 5.78 Å². The number of hydrogen-bond acceptors (Lipinski definition) is 4. The smallest absolute Gasteiger partial charge is 0.130 e. The van der Waals surface area contributed by atoms with E-state index >= 15 is 0 Å². The zero-order chi connectivity index (χ0) is 19.7. The number of likely N-dealkylation sites (tertiary alicyclic amines) is 1. The van der Waals surface area contributed by atoms with Crippen molar-refractivity contribution in [3.63, 3.8) is 0 Å². The lowest BCUT2D eigenvalue weighted by Crippen LogP contribution is -2.39. The molecule has 0 radical (unpaired) electrons. The van der Waals surface area contributed by atoms with Crippen LogP contribution in [0.4, 0.5) is 0 Å². The number of aliphatic hydroxyl groups is 1. The topological polar surface area (TPSA) is 49.8 Å². The zero-order valence-corrected chi connectivity index (χ0v) is 17.3. The Bertz CT molecular complexity index is 654. The number of ether oxygens (including phenoxy) is 1. The predicted octanol–water partition coefficient (Wildman–Crippen LogP) is 3.85. The summed E-state index contributed by atoms with van der Waals surface area (Å²) in [5, 5.41) is 10.5. The van der Waals surface area contributed by atoms with Crippen molar-refractivity contribution in [1.29, 1.82) is 0 Å². The molecular weight excluding hydrogens is 338 g/mol. The average molecular weight is 374 g/mol. The molecule has 1 N–H and O–H groups in total. The fraction of sp³-hybridized carbons (Fsp3) is 0.696. The summed E-state index contributed by atoms with van der Waals surface area (Å²) in [6, 6.07) is 8.44. The number of nitrogens with zero attached hydrogens (tertiary/aromatic N) is 1. The van der Waals surface area contributed by atoms with Crippen molar-refractivity contribution in [1.82, 2.24) is 4.90 Å². The van der Waals surface area contributed by atoms with E-state index in [0.29, 0.717) is 36.4 Å². The van der Waals surface area contributed by atoms with Gasteiger partial charge in [-0.1, -0.05) is 32.9 Å². The number of fused-ring (bicyclic) bond motifs is 2. The Morgan fingerprint density at radius 2 is 1.96 bits per heavy atom. The fourth-order valence-electron chi connectivity index (χ4n) is 5.38. The van der Waals surface area contributed by atoms with Crippen molar-refractivity contribution < 1.29 is 14.6 Å². The Kier molecular flexibility index (Phi) is 5.97. The lowest BCUT2D eigenvalue weighted by atomic mass is 9.65. The molecule has 1 aliphatic carbocycles. The Balaban J connectivity index is 1.46. The molecule has 1 saturated heterocycles. The van der Waals surface area contributed by atoms with E-state index in [2.05, 4.69) is 25.7 Å². The molecule has 2 bridgehead atoms. The van der Waals surface area contributed by atoms with E-state index < -0.39 is 6.10 Å². The second-order valence-electron chi connectivity index (χ2n) is 9.95. The maximum absolute atomic E-state index is 11.1. The molecular formula is C23H35NO3. The van der Waals surface area contributed by atoms with Gasteiger partial charge in [0.15, 0.2) is 0 Å². The van der Waals surface area contributed by atoms with Crippen molar-refractivity contribution in [2.45, 2.75) is 71.9 Å². The minimum absolute atomic E-state index is 0.210. The third-order valence-corrected chi connectivity index (χ3v) is 6.10. The lowest BCUT2D eigenvalue weighted by Gasteiger charge is -2.40. The van der Waals surface area contributed by atoms with Gasteiger partial charge in [-0.15, -0.1) is 0 Å². The standard InChI is InChI=1S/C23H35NO3/c1-17(25)5-6-18-7-9-21(10-8-18)27-14-20(26)13-24-16-23(4)12-19(24)11-22(2,3)15-23/h7-10,19-20,26H,5-6,11-16H2,1-4H3/t19-,20-,23+/m1/s1. The molecule has 27 heavy (non-hydrogen) atoms. The van der Waals surface area contributed by atoms with Gasteiger partial charge in [-0.05, 0) is 61.1 Å². The first-order chi connectivity index (χ1) is 12.6. The normalized spacial score (nSPS) is 28.1. The van der Waals surface area contributed by atoms with Crippen LogP contribution in [0.15, 0.2) is 24.3 Å². The Morgan fingerprint density at radius 1 is 1.26 bits per heavy atom. The van der Waals surface area contributed by atoms with Gasteiger partial charge in [0.25, 0.3) is 0 Å². The van der Waals surface area contributed by atoms with Gasteiger partial charge in [-0.25, -0.2) is 0 Å². The molecule has 0 aromatic heterocycles. The Hall–Kier alpha value is -1.39. The molecule has 150 valence electrons. The van der Waals surface area contributed by atoms with E-state index in [9.17, 15) is 9.90 Å². The highest BCUT2D eigenvalue weighted by atomic mass is 16.5. The number of aliphatic hydroxyl groups excluding tert-OH is 1. The largest absolute Gasteiger partial charge is 0.491 e. The molecule has 1 heterocycles. The fourth-order valence-corrected chi connectivity index (χ4v) is 5.38. The van der Waals surface area contributed by atoms with E-state index in [4.69, 9.17) is 4.74 Å². The van der Waals surface area contributed by atoms with E-state index in [1.807, 2.05) is 24.3 Å². The van der Waals surface area contributed by atoms with Gasteiger partial charge in [0.1, 0.15) is 24.2 Å². The van der Waals surface area contributed by atoms with Crippen LogP contribution in [-0.2, 0) is 11.2 Å². The maximum Gasteiger partial charge on any atom is 0.130 e. The highest BCUT2D eigenvalue weighted by Crippen LogP contribution is 2.52. The quantitative estimate of drug-likeness (QED) is 0.752. The van der Waals surface area contributed by atoms with Crippen LogP contribution in [0.2, 0.25) is 0 Å². The van der Waals surface area contributed by atoms with Gasteiger partial charge in [0, 0.05) is 25.6 Å². The third kappa shape index (κ3) is 5.55. The minimum Gasteiger partial charge on any atom is -0.491 e. The molecule has 1 aromatic rings. The first-order valence-corrected chi connectivity index (χ1v) is 10.3. The minimum atomic E-state index is -0.478. The van der Waals surface area contributed by atoms with Gasteiger partial charge in [-0.3, -0.25) is 4.90 Å². The van der Waals surface area contributed by atoms with Gasteiger partial charge in [0.2, 0.25) is 0 Å². The monoisotopic (exact) mass is 373 g/mol. The van der Waals surface area contributed by atoms with Crippen LogP contribution in [0.3, 0.4) is 0 Å². The van der Waals surface area contributed by atoms with Crippen LogP contribution in [0.25, 0.3) is 0 Å². The molecule has 1 saturated carbocycles. The van der Waals surface area contributed by atoms with Crippen LogP contribution in [0.1, 0.15) is 58.9 Å². The second kappa shape index (κ2) is 7.92. The van der Waals surface area contributed by atoms with Crippen LogP contribution in [-0.4, -0.2) is 47.6 Å². The Labute approximate surface area is 163 Å². The molecule has 3 rings (SSSR count). The summed E-state index contributed by atoms with van der Waals surface area (Å²) >= 11 is 0. The molecule has 1 aliphatic heterocycles. The number of carbonyl (C=O) groups is 1. The molecule has 4 heteroatoms. The summed E-state index contributed by atoms with van der Waals surface area (Å²) in [5.41, 5.74) is 1.93. The molecule has 4 nitrogen and oxygen atoms in total. The summed E-state index contributed by atoms with van der Waals surface area (Å²) in [6.45, 7) is 10.9. The highest BCUT2D eigenvalue weighted by molar-refractivity contribution is 5.75. The first-order valence-electron chi connectivity index (χ1n) is 10.3. The average Bonchev–Trinajstić information content (AvgIpc) is 2.80. The number of carbonyl (C=O) groups excluding carboxylic acids is 1. The van der Waals surface area contributed by atoms with E-state index in [0.717, 1.165) is 24.3 Å². The molecule has 3 atom stereocenters. The number of hydrogen-bond donors (Lipinski definition) is 1. The molecule has 2 aliphatic rings. The van der Waals surface area contributed by atoms with Gasteiger partial charge in [-0.2, -0.15) is 0 Å². The number of ketones is 1. The van der Waals surface area contributed by atoms with Gasteiger partial charge >= 0.3 is 0 Å². The molecule has 1 aromatic carbocycles. The molecule has 2 fully saturated rings. The number of Topliss-reactive ketones (excluding diaryl/α,β-unsaturated/α-hetero) is 1.